The fourth-order valence-corrected chi connectivity index (χ4v) is 6.38. The highest BCUT2D eigenvalue weighted by Gasteiger charge is 2.62. The largest absolute Gasteiger partial charge is 0.446 e. The smallest absolute Gasteiger partial charge is 0.411 e. The van der Waals surface area contributed by atoms with Gasteiger partial charge in [0.1, 0.15) is 6.10 Å². The molecule has 0 aromatic heterocycles. The standard InChI is InChI=1S/C23H29Cl2NO5/c1-14-10-15-4-2-5-16(11-15)23(14)29-22(30-31-23)9-3-6-18(13-22)28-21(27)26-20-12-17(24)7-8-19(20)25/h7-8,12,14-16,18H,2-6,9-11,13H2,1H3,(H,26,27). The van der Waals surface area contributed by atoms with Crippen LogP contribution >= 0.6 is 23.2 Å². The number of rotatable bonds is 2. The summed E-state index contributed by atoms with van der Waals surface area (Å²) in [5, 5.41) is 3.56. The SMILES string of the molecule is CC1CC2CCCC(C2)C12OOC1(CCCC(OC(=O)Nc3cc(Cl)ccc3Cl)C1)O2. The minimum absolute atomic E-state index is 0.283. The minimum atomic E-state index is -0.852. The highest BCUT2D eigenvalue weighted by Crippen LogP contribution is 2.57. The predicted molar refractivity (Wildman–Crippen MR) is 117 cm³/mol. The van der Waals surface area contributed by atoms with E-state index in [0.717, 1.165) is 44.4 Å². The molecule has 2 spiro atoms. The monoisotopic (exact) mass is 469 g/mol. The lowest BCUT2D eigenvalue weighted by Gasteiger charge is -2.49. The van der Waals surface area contributed by atoms with Gasteiger partial charge in [-0.2, -0.15) is 9.78 Å². The van der Waals surface area contributed by atoms with Crippen LogP contribution in [0.25, 0.3) is 0 Å². The molecule has 1 aromatic rings. The summed E-state index contributed by atoms with van der Waals surface area (Å²) in [7, 11) is 0. The van der Waals surface area contributed by atoms with E-state index >= 15 is 0 Å². The number of hydrogen-bond donors (Lipinski definition) is 1. The number of amides is 1. The van der Waals surface area contributed by atoms with Crippen LogP contribution in [0.2, 0.25) is 10.0 Å². The van der Waals surface area contributed by atoms with Crippen LogP contribution in [0.4, 0.5) is 10.5 Å². The van der Waals surface area contributed by atoms with E-state index in [4.69, 9.17) is 42.5 Å². The number of halogens is 2. The lowest BCUT2D eigenvalue weighted by atomic mass is 9.64. The number of benzene rings is 1. The molecular formula is C23H29Cl2NO5. The first-order valence-electron chi connectivity index (χ1n) is 11.4. The number of ether oxygens (including phenoxy) is 2. The zero-order valence-corrected chi connectivity index (χ0v) is 19.2. The summed E-state index contributed by atoms with van der Waals surface area (Å²) in [6, 6.07) is 4.89. The van der Waals surface area contributed by atoms with Crippen molar-refractivity contribution in [2.45, 2.75) is 82.4 Å². The van der Waals surface area contributed by atoms with Crippen molar-refractivity contribution in [3.05, 3.63) is 28.2 Å². The molecule has 3 saturated carbocycles. The van der Waals surface area contributed by atoms with Gasteiger partial charge in [0.15, 0.2) is 0 Å². The van der Waals surface area contributed by atoms with E-state index in [1.165, 1.54) is 12.8 Å². The van der Waals surface area contributed by atoms with Crippen LogP contribution in [-0.2, 0) is 19.2 Å². The Labute approximate surface area is 192 Å². The fourth-order valence-electron chi connectivity index (χ4n) is 6.04. The van der Waals surface area contributed by atoms with Crippen molar-refractivity contribution >= 4 is 35.0 Å². The highest BCUT2D eigenvalue weighted by atomic mass is 35.5. The van der Waals surface area contributed by atoms with Gasteiger partial charge in [-0.25, -0.2) is 4.79 Å². The van der Waals surface area contributed by atoms with Gasteiger partial charge in [0, 0.05) is 29.7 Å². The zero-order valence-electron chi connectivity index (χ0n) is 17.7. The van der Waals surface area contributed by atoms with E-state index in [9.17, 15) is 4.79 Å². The molecule has 1 aromatic carbocycles. The average Bonchev–Trinajstić information content (AvgIpc) is 3.10. The molecule has 6 nitrogen and oxygen atoms in total. The molecule has 4 aliphatic rings. The summed E-state index contributed by atoms with van der Waals surface area (Å²) in [5.74, 6) is -0.104. The van der Waals surface area contributed by atoms with Crippen LogP contribution in [0.15, 0.2) is 18.2 Å². The number of anilines is 1. The molecule has 2 bridgehead atoms. The van der Waals surface area contributed by atoms with Gasteiger partial charge in [-0.05, 0) is 56.2 Å². The van der Waals surface area contributed by atoms with Crippen molar-refractivity contribution in [3.63, 3.8) is 0 Å². The van der Waals surface area contributed by atoms with Gasteiger partial charge in [-0.15, -0.1) is 0 Å². The first kappa shape index (κ1) is 21.8. The molecule has 1 aliphatic heterocycles. The Morgan fingerprint density at radius 2 is 2.03 bits per heavy atom. The second-order valence-corrected chi connectivity index (χ2v) is 10.5. The number of carbonyl (C=O) groups excluding carboxylic acids is 1. The summed E-state index contributed by atoms with van der Waals surface area (Å²) >= 11 is 12.1. The number of fused-ring (bicyclic) bond motifs is 3. The zero-order chi connectivity index (χ0) is 21.6. The number of hydrogen-bond acceptors (Lipinski definition) is 5. The van der Waals surface area contributed by atoms with Gasteiger partial charge in [-0.1, -0.05) is 43.0 Å². The second kappa shape index (κ2) is 8.38. The molecule has 170 valence electrons. The Balaban J connectivity index is 1.24. The molecule has 5 rings (SSSR count). The van der Waals surface area contributed by atoms with Crippen molar-refractivity contribution in [3.8, 4) is 0 Å². The quantitative estimate of drug-likeness (QED) is 0.487. The van der Waals surface area contributed by atoms with Gasteiger partial charge in [0.05, 0.1) is 10.7 Å². The van der Waals surface area contributed by atoms with Crippen molar-refractivity contribution in [1.82, 2.24) is 0 Å². The molecular weight excluding hydrogens is 441 g/mol. The Kier molecular flexibility index (Phi) is 5.89. The van der Waals surface area contributed by atoms with Crippen LogP contribution < -0.4 is 5.32 Å². The molecule has 6 atom stereocenters. The summed E-state index contributed by atoms with van der Waals surface area (Å²) in [6.45, 7) is 2.21. The van der Waals surface area contributed by atoms with Crippen LogP contribution in [-0.4, -0.2) is 23.8 Å². The molecule has 1 heterocycles. The normalized spacial score (nSPS) is 39.6. The van der Waals surface area contributed by atoms with Crippen LogP contribution in [0.5, 0.6) is 0 Å². The Bertz CT molecular complexity index is 851. The maximum Gasteiger partial charge on any atom is 0.411 e. The molecule has 1 amide bonds. The van der Waals surface area contributed by atoms with Crippen molar-refractivity contribution in [2.24, 2.45) is 17.8 Å². The lowest BCUT2D eigenvalue weighted by Crippen LogP contribution is -2.53. The Morgan fingerprint density at radius 3 is 2.90 bits per heavy atom. The van der Waals surface area contributed by atoms with E-state index in [1.807, 2.05) is 0 Å². The van der Waals surface area contributed by atoms with Crippen molar-refractivity contribution < 1.29 is 24.0 Å². The predicted octanol–water partition coefficient (Wildman–Crippen LogP) is 6.70. The number of carbonyl (C=O) groups is 1. The second-order valence-electron chi connectivity index (χ2n) is 9.64. The first-order chi connectivity index (χ1) is 14.9. The fraction of sp³-hybridized carbons (Fsp3) is 0.696. The van der Waals surface area contributed by atoms with Gasteiger partial charge in [-0.3, -0.25) is 5.32 Å². The first-order valence-corrected chi connectivity index (χ1v) is 12.1. The third-order valence-electron chi connectivity index (χ3n) is 7.46. The topological polar surface area (TPSA) is 66.0 Å². The Hall–Kier alpha value is -1.05. The lowest BCUT2D eigenvalue weighted by molar-refractivity contribution is -0.380. The molecule has 3 aliphatic carbocycles. The molecule has 4 fully saturated rings. The van der Waals surface area contributed by atoms with Crippen LogP contribution in [0, 0.1) is 17.8 Å². The highest BCUT2D eigenvalue weighted by molar-refractivity contribution is 6.35. The minimum Gasteiger partial charge on any atom is -0.446 e. The van der Waals surface area contributed by atoms with E-state index in [-0.39, 0.29) is 12.0 Å². The van der Waals surface area contributed by atoms with E-state index in [2.05, 4.69) is 12.2 Å². The average molecular weight is 470 g/mol. The molecule has 31 heavy (non-hydrogen) atoms. The van der Waals surface area contributed by atoms with Gasteiger partial charge in [0.2, 0.25) is 11.6 Å². The maximum absolute atomic E-state index is 12.5. The molecule has 1 saturated heterocycles. The van der Waals surface area contributed by atoms with Crippen molar-refractivity contribution in [1.29, 1.82) is 0 Å². The molecule has 1 N–H and O–H groups in total. The maximum atomic E-state index is 12.5. The third kappa shape index (κ3) is 4.18. The summed E-state index contributed by atoms with van der Waals surface area (Å²) in [5.41, 5.74) is 0.420. The van der Waals surface area contributed by atoms with Crippen LogP contribution in [0.1, 0.15) is 64.7 Å². The van der Waals surface area contributed by atoms with Gasteiger partial charge in [0.25, 0.3) is 0 Å². The Morgan fingerprint density at radius 1 is 1.16 bits per heavy atom. The van der Waals surface area contributed by atoms with E-state index in [0.29, 0.717) is 28.1 Å². The van der Waals surface area contributed by atoms with E-state index < -0.39 is 17.7 Å². The van der Waals surface area contributed by atoms with Crippen molar-refractivity contribution in [2.75, 3.05) is 5.32 Å². The molecule has 6 unspecified atom stereocenters. The number of nitrogens with one attached hydrogen (secondary N) is 1. The molecule has 8 heteroatoms. The summed E-state index contributed by atoms with van der Waals surface area (Å²) in [6.07, 6.45) is 7.77. The van der Waals surface area contributed by atoms with Gasteiger partial charge < -0.3 is 9.47 Å². The summed E-state index contributed by atoms with van der Waals surface area (Å²) in [4.78, 5) is 24.5. The molecule has 0 radical (unpaired) electrons. The van der Waals surface area contributed by atoms with E-state index in [1.54, 1.807) is 18.2 Å². The van der Waals surface area contributed by atoms with Gasteiger partial charge >= 0.3 is 6.09 Å². The third-order valence-corrected chi connectivity index (χ3v) is 8.02. The summed E-state index contributed by atoms with van der Waals surface area (Å²) < 4.78 is 12.4. The van der Waals surface area contributed by atoms with Crippen LogP contribution in [0.3, 0.4) is 0 Å².